The van der Waals surface area contributed by atoms with Crippen LogP contribution in [-0.2, 0) is 0 Å². The van der Waals surface area contributed by atoms with Gasteiger partial charge < -0.3 is 10.6 Å². The lowest BCUT2D eigenvalue weighted by Gasteiger charge is -1.85. The highest BCUT2D eigenvalue weighted by molar-refractivity contribution is 6.04. The van der Waals surface area contributed by atoms with Gasteiger partial charge in [-0.25, -0.2) is 0 Å². The summed E-state index contributed by atoms with van der Waals surface area (Å²) in [5.41, 5.74) is 1.92. The maximum absolute atomic E-state index is 5.65. The number of benzene rings is 2. The fourth-order valence-electron chi connectivity index (χ4n) is 1.67. The molecule has 0 aliphatic heterocycles. The summed E-state index contributed by atoms with van der Waals surface area (Å²) in [6.07, 6.45) is 0. The Balaban J connectivity index is 0.000000750. The molecule has 0 radical (unpaired) electrons. The van der Waals surface area contributed by atoms with Crippen LogP contribution in [0.15, 0.2) is 52.9 Å². The predicted octanol–water partition coefficient (Wildman–Crippen LogP) is 3.75. The Kier molecular flexibility index (Phi) is 1.98. The monoisotopic (exact) mass is 185 g/mol. The molecule has 0 saturated carbocycles. The molecule has 0 amide bonds. The van der Waals surface area contributed by atoms with Crippen LogP contribution in [0, 0.1) is 0 Å². The van der Waals surface area contributed by atoms with Gasteiger partial charge >= 0.3 is 0 Å². The second-order valence-corrected chi connectivity index (χ2v) is 3.09. The molecular formula is C12H11NO. The fourth-order valence-corrected chi connectivity index (χ4v) is 1.67. The molecule has 0 fully saturated rings. The van der Waals surface area contributed by atoms with Gasteiger partial charge in [-0.1, -0.05) is 36.4 Å². The Hall–Kier alpha value is -1.80. The van der Waals surface area contributed by atoms with Crippen LogP contribution in [0.25, 0.3) is 21.9 Å². The van der Waals surface area contributed by atoms with Crippen molar-refractivity contribution in [1.82, 2.24) is 6.15 Å². The largest absolute Gasteiger partial charge is 0.456 e. The molecule has 0 aliphatic rings. The number of hydrogen-bond donors (Lipinski definition) is 1. The van der Waals surface area contributed by atoms with Crippen molar-refractivity contribution >= 4 is 21.9 Å². The lowest BCUT2D eigenvalue weighted by molar-refractivity contribution is 0.669. The summed E-state index contributed by atoms with van der Waals surface area (Å²) < 4.78 is 5.65. The van der Waals surface area contributed by atoms with Crippen LogP contribution in [0.2, 0.25) is 0 Å². The van der Waals surface area contributed by atoms with Crippen LogP contribution in [0.4, 0.5) is 0 Å². The third kappa shape index (κ3) is 1.09. The zero-order chi connectivity index (χ0) is 8.67. The predicted molar refractivity (Wildman–Crippen MR) is 58.7 cm³/mol. The highest BCUT2D eigenvalue weighted by atomic mass is 16.3. The van der Waals surface area contributed by atoms with E-state index in [-0.39, 0.29) is 6.15 Å². The average molecular weight is 185 g/mol. The van der Waals surface area contributed by atoms with E-state index in [4.69, 9.17) is 4.42 Å². The van der Waals surface area contributed by atoms with Gasteiger partial charge in [-0.05, 0) is 12.1 Å². The topological polar surface area (TPSA) is 48.1 Å². The average Bonchev–Trinajstić information content (AvgIpc) is 2.56. The first-order valence-electron chi connectivity index (χ1n) is 4.31. The van der Waals surface area contributed by atoms with E-state index in [9.17, 15) is 0 Å². The van der Waals surface area contributed by atoms with Crippen molar-refractivity contribution in [3.63, 3.8) is 0 Å². The zero-order valence-electron chi connectivity index (χ0n) is 7.73. The van der Waals surface area contributed by atoms with E-state index < -0.39 is 0 Å². The number of furan rings is 1. The molecule has 1 aromatic heterocycles. The van der Waals surface area contributed by atoms with Crippen LogP contribution in [0.5, 0.6) is 0 Å². The summed E-state index contributed by atoms with van der Waals surface area (Å²) in [6, 6.07) is 16.2. The van der Waals surface area contributed by atoms with Crippen molar-refractivity contribution in [3.8, 4) is 0 Å². The lowest BCUT2D eigenvalue weighted by atomic mass is 10.2. The Morgan fingerprint density at radius 2 is 1.07 bits per heavy atom. The minimum atomic E-state index is 0. The van der Waals surface area contributed by atoms with E-state index >= 15 is 0 Å². The smallest absolute Gasteiger partial charge is 0.135 e. The molecule has 1 heterocycles. The standard InChI is InChI=1S/C12H8O.H3N/c1-3-7-11-9(5-1)10-6-2-4-8-12(10)13-11;/h1-8H;1H3. The van der Waals surface area contributed by atoms with Gasteiger partial charge in [-0.3, -0.25) is 0 Å². The third-order valence-corrected chi connectivity index (χ3v) is 2.28. The first-order valence-corrected chi connectivity index (χ1v) is 4.31. The Morgan fingerprint density at radius 1 is 0.643 bits per heavy atom. The van der Waals surface area contributed by atoms with Gasteiger partial charge in [-0.15, -0.1) is 0 Å². The van der Waals surface area contributed by atoms with Gasteiger partial charge in [0.15, 0.2) is 0 Å². The quantitative estimate of drug-likeness (QED) is 0.579. The number of rotatable bonds is 0. The zero-order valence-corrected chi connectivity index (χ0v) is 7.73. The maximum Gasteiger partial charge on any atom is 0.135 e. The molecule has 3 N–H and O–H groups in total. The van der Waals surface area contributed by atoms with E-state index in [0.29, 0.717) is 0 Å². The first-order chi connectivity index (χ1) is 6.45. The van der Waals surface area contributed by atoms with E-state index in [1.807, 2.05) is 36.4 Å². The van der Waals surface area contributed by atoms with Crippen LogP contribution in [0.3, 0.4) is 0 Å². The molecule has 0 spiro atoms. The van der Waals surface area contributed by atoms with Crippen molar-refractivity contribution in [3.05, 3.63) is 48.5 Å². The molecule has 0 aliphatic carbocycles. The summed E-state index contributed by atoms with van der Waals surface area (Å²) in [5.74, 6) is 0. The molecule has 70 valence electrons. The molecule has 0 unspecified atom stereocenters. The maximum atomic E-state index is 5.65. The molecule has 3 rings (SSSR count). The second kappa shape index (κ2) is 3.16. The van der Waals surface area contributed by atoms with Gasteiger partial charge in [0.1, 0.15) is 11.2 Å². The molecule has 2 heteroatoms. The van der Waals surface area contributed by atoms with Crippen LogP contribution >= 0.6 is 0 Å². The van der Waals surface area contributed by atoms with Gasteiger partial charge in [0.2, 0.25) is 0 Å². The molecule has 3 aromatic rings. The summed E-state index contributed by atoms with van der Waals surface area (Å²) >= 11 is 0. The SMILES string of the molecule is N.c1ccc2c(c1)oc1ccccc12. The van der Waals surface area contributed by atoms with Crippen LogP contribution < -0.4 is 6.15 Å². The first kappa shape index (κ1) is 8.78. The molecule has 2 aromatic carbocycles. The molecule has 0 saturated heterocycles. The summed E-state index contributed by atoms with van der Waals surface area (Å²) in [7, 11) is 0. The van der Waals surface area contributed by atoms with Crippen molar-refractivity contribution < 1.29 is 4.42 Å². The summed E-state index contributed by atoms with van der Waals surface area (Å²) in [4.78, 5) is 0. The van der Waals surface area contributed by atoms with Crippen molar-refractivity contribution in [2.75, 3.05) is 0 Å². The van der Waals surface area contributed by atoms with Gasteiger partial charge in [0, 0.05) is 10.8 Å². The van der Waals surface area contributed by atoms with Gasteiger partial charge in [0.05, 0.1) is 0 Å². The highest BCUT2D eigenvalue weighted by Gasteiger charge is 2.02. The normalized spacial score (nSPS) is 10.3. The Morgan fingerprint density at radius 3 is 1.57 bits per heavy atom. The van der Waals surface area contributed by atoms with Crippen LogP contribution in [-0.4, -0.2) is 0 Å². The molecular weight excluding hydrogens is 174 g/mol. The number of fused-ring (bicyclic) bond motifs is 3. The minimum Gasteiger partial charge on any atom is -0.456 e. The highest BCUT2D eigenvalue weighted by Crippen LogP contribution is 2.27. The third-order valence-electron chi connectivity index (χ3n) is 2.28. The van der Waals surface area contributed by atoms with Gasteiger partial charge in [0.25, 0.3) is 0 Å². The van der Waals surface area contributed by atoms with Crippen LogP contribution in [0.1, 0.15) is 0 Å². The van der Waals surface area contributed by atoms with Gasteiger partial charge in [-0.2, -0.15) is 0 Å². The molecule has 2 nitrogen and oxygen atoms in total. The molecule has 0 atom stereocenters. The van der Waals surface area contributed by atoms with Crippen molar-refractivity contribution in [1.29, 1.82) is 0 Å². The number of para-hydroxylation sites is 2. The van der Waals surface area contributed by atoms with E-state index in [1.165, 1.54) is 10.8 Å². The Bertz CT molecular complexity index is 518. The van der Waals surface area contributed by atoms with E-state index in [1.54, 1.807) is 0 Å². The minimum absolute atomic E-state index is 0. The molecule has 14 heavy (non-hydrogen) atoms. The summed E-state index contributed by atoms with van der Waals surface area (Å²) in [6.45, 7) is 0. The Labute approximate surface area is 81.7 Å². The summed E-state index contributed by atoms with van der Waals surface area (Å²) in [5, 5.41) is 2.39. The van der Waals surface area contributed by atoms with Crippen molar-refractivity contribution in [2.24, 2.45) is 0 Å². The lowest BCUT2D eigenvalue weighted by Crippen LogP contribution is -1.62. The number of hydrogen-bond acceptors (Lipinski definition) is 2. The second-order valence-electron chi connectivity index (χ2n) is 3.09. The fraction of sp³-hybridized carbons (Fsp3) is 0. The van der Waals surface area contributed by atoms with E-state index in [0.717, 1.165) is 11.2 Å². The van der Waals surface area contributed by atoms with Crippen molar-refractivity contribution in [2.45, 2.75) is 0 Å². The molecule has 0 bridgehead atoms. The van der Waals surface area contributed by atoms with E-state index in [2.05, 4.69) is 12.1 Å².